The van der Waals surface area contributed by atoms with Gasteiger partial charge in [-0.2, -0.15) is 0 Å². The van der Waals surface area contributed by atoms with Crippen LogP contribution in [0.5, 0.6) is 5.75 Å². The highest BCUT2D eigenvalue weighted by Crippen LogP contribution is 2.35. The summed E-state index contributed by atoms with van der Waals surface area (Å²) in [5.41, 5.74) is 2.11. The molecule has 3 aromatic rings. The van der Waals surface area contributed by atoms with Crippen molar-refractivity contribution in [2.24, 2.45) is 0 Å². The van der Waals surface area contributed by atoms with Crippen molar-refractivity contribution < 1.29 is 9.53 Å². The molecule has 0 amide bonds. The number of aryl methyl sites for hydroxylation is 1. The minimum absolute atomic E-state index is 0.271. The van der Waals surface area contributed by atoms with E-state index in [-0.39, 0.29) is 5.78 Å². The molecule has 0 heterocycles. The van der Waals surface area contributed by atoms with Crippen molar-refractivity contribution in [3.05, 3.63) is 53.6 Å². The third-order valence-corrected chi connectivity index (χ3v) is 4.24. The summed E-state index contributed by atoms with van der Waals surface area (Å²) in [5.74, 6) is 1.13. The van der Waals surface area contributed by atoms with E-state index in [1.165, 1.54) is 27.1 Å². The molecule has 1 aliphatic carbocycles. The summed E-state index contributed by atoms with van der Waals surface area (Å²) in [4.78, 5) is 11.9. The molecule has 0 atom stereocenters. The quantitative estimate of drug-likeness (QED) is 0.616. The highest BCUT2D eigenvalue weighted by molar-refractivity contribution is 6.13. The summed E-state index contributed by atoms with van der Waals surface area (Å²) in [5, 5.41) is 4.79. The lowest BCUT2D eigenvalue weighted by Gasteiger charge is -2.09. The number of hydrogen-bond donors (Lipinski definition) is 0. The highest BCUT2D eigenvalue weighted by atomic mass is 16.5. The summed E-state index contributed by atoms with van der Waals surface area (Å²) in [7, 11) is 1.68. The van der Waals surface area contributed by atoms with Crippen LogP contribution in [-0.4, -0.2) is 12.9 Å². The fourth-order valence-corrected chi connectivity index (χ4v) is 3.21. The van der Waals surface area contributed by atoms with Gasteiger partial charge in [0.25, 0.3) is 0 Å². The van der Waals surface area contributed by atoms with E-state index in [9.17, 15) is 4.79 Å². The van der Waals surface area contributed by atoms with Crippen LogP contribution in [0.15, 0.2) is 42.5 Å². The van der Waals surface area contributed by atoms with E-state index in [4.69, 9.17) is 4.74 Å². The first-order valence-electron chi connectivity index (χ1n) is 6.83. The third kappa shape index (κ3) is 1.48. The van der Waals surface area contributed by atoms with Crippen LogP contribution in [0.25, 0.3) is 21.5 Å². The van der Waals surface area contributed by atoms with Crippen LogP contribution in [0.2, 0.25) is 0 Å². The van der Waals surface area contributed by atoms with Crippen LogP contribution in [0.4, 0.5) is 0 Å². The monoisotopic (exact) mass is 262 g/mol. The van der Waals surface area contributed by atoms with E-state index in [1.54, 1.807) is 7.11 Å². The molecule has 2 heteroatoms. The molecule has 0 radical (unpaired) electrons. The van der Waals surface area contributed by atoms with Crippen molar-refractivity contribution in [2.75, 3.05) is 7.11 Å². The Morgan fingerprint density at radius 1 is 0.900 bits per heavy atom. The second-order valence-electron chi connectivity index (χ2n) is 5.26. The molecule has 1 aliphatic rings. The van der Waals surface area contributed by atoms with Gasteiger partial charge in [0.2, 0.25) is 0 Å². The molecule has 0 fully saturated rings. The van der Waals surface area contributed by atoms with Crippen molar-refractivity contribution in [1.82, 2.24) is 0 Å². The number of ketones is 1. The number of carbonyl (C=O) groups excluding carboxylic acids is 1. The normalized spacial score (nSPS) is 13.9. The van der Waals surface area contributed by atoms with E-state index < -0.39 is 0 Å². The second kappa shape index (κ2) is 4.07. The Morgan fingerprint density at radius 2 is 1.70 bits per heavy atom. The molecule has 20 heavy (non-hydrogen) atoms. The number of carbonyl (C=O) groups is 1. The van der Waals surface area contributed by atoms with Gasteiger partial charge in [0, 0.05) is 12.0 Å². The van der Waals surface area contributed by atoms with Crippen LogP contribution >= 0.6 is 0 Å². The highest BCUT2D eigenvalue weighted by Gasteiger charge is 2.21. The predicted octanol–water partition coefficient (Wildman–Crippen LogP) is 4.13. The summed E-state index contributed by atoms with van der Waals surface area (Å²) in [6.07, 6.45) is 1.51. The Hall–Kier alpha value is -2.35. The molecule has 0 unspecified atom stereocenters. The van der Waals surface area contributed by atoms with Crippen LogP contribution in [0.1, 0.15) is 22.3 Å². The van der Waals surface area contributed by atoms with E-state index in [0.717, 1.165) is 17.7 Å². The lowest BCUT2D eigenvalue weighted by molar-refractivity contribution is 0.0994. The van der Waals surface area contributed by atoms with Gasteiger partial charge >= 0.3 is 0 Å². The largest absolute Gasteiger partial charge is 0.497 e. The first-order chi connectivity index (χ1) is 9.78. The van der Waals surface area contributed by atoms with Crippen molar-refractivity contribution in [3.63, 3.8) is 0 Å². The van der Waals surface area contributed by atoms with Crippen LogP contribution in [0.3, 0.4) is 0 Å². The number of rotatable bonds is 1. The molecule has 0 spiro atoms. The van der Waals surface area contributed by atoms with E-state index in [2.05, 4.69) is 30.3 Å². The van der Waals surface area contributed by atoms with E-state index in [1.807, 2.05) is 12.1 Å². The number of fused-ring (bicyclic) bond motifs is 5. The van der Waals surface area contributed by atoms with Crippen LogP contribution in [-0.2, 0) is 6.42 Å². The molecule has 4 rings (SSSR count). The maximum Gasteiger partial charge on any atom is 0.163 e. The molecule has 0 aromatic heterocycles. The topological polar surface area (TPSA) is 26.3 Å². The molecule has 2 nitrogen and oxygen atoms in total. The maximum absolute atomic E-state index is 11.9. The van der Waals surface area contributed by atoms with Crippen LogP contribution in [0, 0.1) is 0 Å². The average Bonchev–Trinajstić information content (AvgIpc) is 2.88. The standard InChI is InChI=1S/C18H14O2/c1-20-12-4-2-11-3-5-13-14-8-9-18(19)16(14)7-6-15(13)17(11)10-12/h2-7,10H,8-9H2,1H3. The minimum Gasteiger partial charge on any atom is -0.497 e. The molecule has 0 bridgehead atoms. The summed E-state index contributed by atoms with van der Waals surface area (Å²) in [6.45, 7) is 0. The molecular weight excluding hydrogens is 248 g/mol. The molecule has 0 saturated heterocycles. The van der Waals surface area contributed by atoms with Gasteiger partial charge in [0.05, 0.1) is 7.11 Å². The van der Waals surface area contributed by atoms with Crippen molar-refractivity contribution in [3.8, 4) is 5.75 Å². The van der Waals surface area contributed by atoms with Gasteiger partial charge in [-0.3, -0.25) is 4.79 Å². The fraction of sp³-hybridized carbons (Fsp3) is 0.167. The van der Waals surface area contributed by atoms with Crippen molar-refractivity contribution >= 4 is 27.3 Å². The smallest absolute Gasteiger partial charge is 0.163 e. The zero-order valence-corrected chi connectivity index (χ0v) is 11.3. The molecule has 98 valence electrons. The third-order valence-electron chi connectivity index (χ3n) is 4.24. The molecule has 0 saturated carbocycles. The Bertz CT molecular complexity index is 862. The van der Waals surface area contributed by atoms with Crippen molar-refractivity contribution in [2.45, 2.75) is 12.8 Å². The summed E-state index contributed by atoms with van der Waals surface area (Å²) in [6, 6.07) is 14.4. The van der Waals surface area contributed by atoms with Gasteiger partial charge < -0.3 is 4.74 Å². The Kier molecular flexibility index (Phi) is 2.34. The minimum atomic E-state index is 0.271. The molecule has 0 aliphatic heterocycles. The van der Waals surface area contributed by atoms with Gasteiger partial charge in [0.1, 0.15) is 5.75 Å². The molecular formula is C18H14O2. The number of ether oxygens (including phenoxy) is 1. The number of methoxy groups -OCH3 is 1. The maximum atomic E-state index is 11.9. The Balaban J connectivity index is 2.13. The zero-order valence-electron chi connectivity index (χ0n) is 11.3. The lowest BCUT2D eigenvalue weighted by Crippen LogP contribution is -1.91. The summed E-state index contributed by atoms with van der Waals surface area (Å²) >= 11 is 0. The van der Waals surface area contributed by atoms with Gasteiger partial charge in [0.15, 0.2) is 5.78 Å². The second-order valence-corrected chi connectivity index (χ2v) is 5.26. The van der Waals surface area contributed by atoms with Gasteiger partial charge in [-0.1, -0.05) is 30.3 Å². The molecule has 3 aromatic carbocycles. The Labute approximate surface area is 117 Å². The van der Waals surface area contributed by atoms with Crippen molar-refractivity contribution in [1.29, 1.82) is 0 Å². The van der Waals surface area contributed by atoms with Gasteiger partial charge in [-0.15, -0.1) is 0 Å². The Morgan fingerprint density at radius 3 is 2.55 bits per heavy atom. The average molecular weight is 262 g/mol. The van der Waals surface area contributed by atoms with E-state index in [0.29, 0.717) is 6.42 Å². The van der Waals surface area contributed by atoms with Crippen LogP contribution < -0.4 is 4.74 Å². The van der Waals surface area contributed by atoms with E-state index >= 15 is 0 Å². The van der Waals surface area contributed by atoms with Gasteiger partial charge in [-0.25, -0.2) is 0 Å². The number of benzene rings is 3. The first-order valence-corrected chi connectivity index (χ1v) is 6.83. The predicted molar refractivity (Wildman–Crippen MR) is 80.7 cm³/mol. The molecule has 0 N–H and O–H groups in total. The number of hydrogen-bond acceptors (Lipinski definition) is 2. The fourth-order valence-electron chi connectivity index (χ4n) is 3.21. The zero-order chi connectivity index (χ0) is 13.7. The SMILES string of the molecule is COc1ccc2ccc3c4c(ccc3c2c1)C(=O)CC4. The van der Waals surface area contributed by atoms with Gasteiger partial charge in [-0.05, 0) is 45.7 Å². The first kappa shape index (κ1) is 11.5. The number of Topliss-reactive ketones (excluding diaryl/α,β-unsaturated/α-hetero) is 1. The lowest BCUT2D eigenvalue weighted by atomic mass is 9.96. The summed E-state index contributed by atoms with van der Waals surface area (Å²) < 4.78 is 5.33.